The van der Waals surface area contributed by atoms with E-state index in [1.165, 1.54) is 63.4 Å². The summed E-state index contributed by atoms with van der Waals surface area (Å²) in [6.07, 6.45) is 2.69. The van der Waals surface area contributed by atoms with E-state index in [2.05, 4.69) is 66.8 Å². The first-order valence-electron chi connectivity index (χ1n) is 9.21. The molecule has 3 nitrogen and oxygen atoms in total. The van der Waals surface area contributed by atoms with E-state index in [-0.39, 0.29) is 5.41 Å². The molecule has 1 aromatic rings. The summed E-state index contributed by atoms with van der Waals surface area (Å²) in [5.41, 5.74) is 3.05. The van der Waals surface area contributed by atoms with Crippen molar-refractivity contribution >= 4 is 5.69 Å². The van der Waals surface area contributed by atoms with Crippen LogP contribution in [0.3, 0.4) is 0 Å². The van der Waals surface area contributed by atoms with Crippen molar-refractivity contribution in [2.24, 2.45) is 0 Å². The van der Waals surface area contributed by atoms with Crippen molar-refractivity contribution in [2.75, 3.05) is 51.2 Å². The van der Waals surface area contributed by atoms with Crippen LogP contribution in [-0.2, 0) is 5.41 Å². The average molecular weight is 316 g/mol. The van der Waals surface area contributed by atoms with Crippen molar-refractivity contribution in [2.45, 2.75) is 45.1 Å². The topological polar surface area (TPSA) is 9.72 Å². The average Bonchev–Trinajstić information content (AvgIpc) is 2.55. The van der Waals surface area contributed by atoms with Crippen LogP contribution < -0.4 is 4.90 Å². The van der Waals surface area contributed by atoms with E-state index in [1.54, 1.807) is 0 Å². The van der Waals surface area contributed by atoms with Gasteiger partial charge in [-0.1, -0.05) is 32.9 Å². The zero-order chi connectivity index (χ0) is 16.4. The van der Waals surface area contributed by atoms with Gasteiger partial charge < -0.3 is 9.80 Å². The van der Waals surface area contributed by atoms with Crippen molar-refractivity contribution in [3.63, 3.8) is 0 Å². The molecule has 2 heterocycles. The number of rotatable bonds is 2. The monoisotopic (exact) mass is 315 g/mol. The van der Waals surface area contributed by atoms with E-state index < -0.39 is 0 Å². The molecule has 3 heteroatoms. The van der Waals surface area contributed by atoms with Crippen LogP contribution >= 0.6 is 0 Å². The molecular weight excluding hydrogens is 282 g/mol. The van der Waals surface area contributed by atoms with Gasteiger partial charge in [0.2, 0.25) is 0 Å². The standard InChI is InChI=1S/C20H33N3/c1-20(2,3)17-5-7-18(8-6-17)22-13-15-23(16-14-22)19-9-11-21(4)12-10-19/h5-8,19H,9-16H2,1-4H3. The third-order valence-corrected chi connectivity index (χ3v) is 5.62. The molecular formula is C20H33N3. The van der Waals surface area contributed by atoms with Gasteiger partial charge in [-0.3, -0.25) is 4.90 Å². The molecule has 0 atom stereocenters. The maximum atomic E-state index is 2.73. The summed E-state index contributed by atoms with van der Waals surface area (Å²) < 4.78 is 0. The maximum Gasteiger partial charge on any atom is 0.0367 e. The fraction of sp³-hybridized carbons (Fsp3) is 0.700. The van der Waals surface area contributed by atoms with E-state index >= 15 is 0 Å². The fourth-order valence-corrected chi connectivity index (χ4v) is 3.88. The highest BCUT2D eigenvalue weighted by molar-refractivity contribution is 5.49. The molecule has 0 aromatic heterocycles. The number of likely N-dealkylation sites (tertiary alicyclic amines) is 1. The summed E-state index contributed by atoms with van der Waals surface area (Å²) in [6.45, 7) is 14.1. The molecule has 2 aliphatic heterocycles. The third kappa shape index (κ3) is 4.07. The van der Waals surface area contributed by atoms with Crippen molar-refractivity contribution < 1.29 is 0 Å². The van der Waals surface area contributed by atoms with Gasteiger partial charge in [0, 0.05) is 37.9 Å². The van der Waals surface area contributed by atoms with Crippen LogP contribution in [-0.4, -0.2) is 62.2 Å². The van der Waals surface area contributed by atoms with E-state index in [0.717, 1.165) is 6.04 Å². The van der Waals surface area contributed by atoms with Crippen molar-refractivity contribution in [1.82, 2.24) is 9.80 Å². The van der Waals surface area contributed by atoms with E-state index in [9.17, 15) is 0 Å². The van der Waals surface area contributed by atoms with Gasteiger partial charge >= 0.3 is 0 Å². The highest BCUT2D eigenvalue weighted by Crippen LogP contribution is 2.26. The molecule has 1 aromatic carbocycles. The fourth-order valence-electron chi connectivity index (χ4n) is 3.88. The Morgan fingerprint density at radius 2 is 1.39 bits per heavy atom. The number of piperidine rings is 1. The molecule has 0 unspecified atom stereocenters. The Labute approximate surface area is 142 Å². The number of nitrogens with zero attached hydrogens (tertiary/aromatic N) is 3. The quantitative estimate of drug-likeness (QED) is 0.830. The highest BCUT2D eigenvalue weighted by Gasteiger charge is 2.26. The van der Waals surface area contributed by atoms with Gasteiger partial charge in [-0.15, -0.1) is 0 Å². The molecule has 0 bridgehead atoms. The number of benzene rings is 1. The summed E-state index contributed by atoms with van der Waals surface area (Å²) in [4.78, 5) is 7.74. The minimum atomic E-state index is 0.241. The maximum absolute atomic E-state index is 2.73. The van der Waals surface area contributed by atoms with E-state index in [1.807, 2.05) is 0 Å². The summed E-state index contributed by atoms with van der Waals surface area (Å²) in [5.74, 6) is 0. The molecule has 0 radical (unpaired) electrons. The molecule has 0 spiro atoms. The lowest BCUT2D eigenvalue weighted by Gasteiger charge is -2.43. The molecule has 0 amide bonds. The first-order chi connectivity index (χ1) is 10.9. The molecule has 0 N–H and O–H groups in total. The van der Waals surface area contributed by atoms with Crippen LogP contribution in [0.4, 0.5) is 5.69 Å². The Morgan fingerprint density at radius 3 is 1.91 bits per heavy atom. The second-order valence-corrected chi connectivity index (χ2v) is 8.35. The third-order valence-electron chi connectivity index (χ3n) is 5.62. The van der Waals surface area contributed by atoms with Gasteiger partial charge in [0.1, 0.15) is 0 Å². The first kappa shape index (κ1) is 16.8. The van der Waals surface area contributed by atoms with Gasteiger partial charge in [-0.2, -0.15) is 0 Å². The van der Waals surface area contributed by atoms with Crippen LogP contribution in [0.1, 0.15) is 39.2 Å². The second-order valence-electron chi connectivity index (χ2n) is 8.35. The predicted octanol–water partition coefficient (Wildman–Crippen LogP) is 3.20. The molecule has 2 fully saturated rings. The first-order valence-corrected chi connectivity index (χ1v) is 9.21. The van der Waals surface area contributed by atoms with Gasteiger partial charge in [0.15, 0.2) is 0 Å². The van der Waals surface area contributed by atoms with E-state index in [0.29, 0.717) is 0 Å². The lowest BCUT2D eigenvalue weighted by molar-refractivity contribution is 0.115. The molecule has 0 saturated carbocycles. The van der Waals surface area contributed by atoms with Crippen LogP contribution in [0, 0.1) is 0 Å². The van der Waals surface area contributed by atoms with Gasteiger partial charge in [-0.05, 0) is 56.1 Å². The minimum absolute atomic E-state index is 0.241. The summed E-state index contributed by atoms with van der Waals surface area (Å²) in [5, 5.41) is 0. The molecule has 2 aliphatic rings. The smallest absolute Gasteiger partial charge is 0.0367 e. The highest BCUT2D eigenvalue weighted by atomic mass is 15.3. The lowest BCUT2D eigenvalue weighted by Crippen LogP contribution is -2.53. The number of hydrogen-bond donors (Lipinski definition) is 0. The molecule has 2 saturated heterocycles. The zero-order valence-corrected chi connectivity index (χ0v) is 15.4. The summed E-state index contributed by atoms with van der Waals surface area (Å²) in [7, 11) is 2.25. The van der Waals surface area contributed by atoms with Gasteiger partial charge in [0.25, 0.3) is 0 Å². The van der Waals surface area contributed by atoms with E-state index in [4.69, 9.17) is 0 Å². The largest absolute Gasteiger partial charge is 0.369 e. The zero-order valence-electron chi connectivity index (χ0n) is 15.4. The molecule has 23 heavy (non-hydrogen) atoms. The number of piperazine rings is 1. The summed E-state index contributed by atoms with van der Waals surface area (Å²) >= 11 is 0. The summed E-state index contributed by atoms with van der Waals surface area (Å²) in [6, 6.07) is 10.0. The van der Waals surface area contributed by atoms with Crippen molar-refractivity contribution in [3.8, 4) is 0 Å². The second kappa shape index (κ2) is 6.82. The molecule has 3 rings (SSSR count). The number of hydrogen-bond acceptors (Lipinski definition) is 3. The Morgan fingerprint density at radius 1 is 0.826 bits per heavy atom. The van der Waals surface area contributed by atoms with Crippen LogP contribution in [0.5, 0.6) is 0 Å². The Balaban J connectivity index is 1.54. The normalized spacial score (nSPS) is 22.5. The Kier molecular flexibility index (Phi) is 4.98. The lowest BCUT2D eigenvalue weighted by atomic mass is 9.87. The van der Waals surface area contributed by atoms with Gasteiger partial charge in [0.05, 0.1) is 0 Å². The van der Waals surface area contributed by atoms with Crippen molar-refractivity contribution in [3.05, 3.63) is 29.8 Å². The van der Waals surface area contributed by atoms with Crippen molar-refractivity contribution in [1.29, 1.82) is 0 Å². The molecule has 0 aliphatic carbocycles. The van der Waals surface area contributed by atoms with Crippen LogP contribution in [0.25, 0.3) is 0 Å². The predicted molar refractivity (Wildman–Crippen MR) is 99.4 cm³/mol. The number of anilines is 1. The molecule has 128 valence electrons. The Hall–Kier alpha value is -1.06. The van der Waals surface area contributed by atoms with Crippen LogP contribution in [0.2, 0.25) is 0 Å². The minimum Gasteiger partial charge on any atom is -0.369 e. The Bertz CT molecular complexity index is 487. The SMILES string of the molecule is CN1CCC(N2CCN(c3ccc(C(C)(C)C)cc3)CC2)CC1. The van der Waals surface area contributed by atoms with Crippen LogP contribution in [0.15, 0.2) is 24.3 Å². The van der Waals surface area contributed by atoms with Gasteiger partial charge in [-0.25, -0.2) is 0 Å².